The molecule has 4 nitrogen and oxygen atoms in total. The summed E-state index contributed by atoms with van der Waals surface area (Å²) in [4.78, 5) is 5.61. The molecule has 0 unspecified atom stereocenters. The van der Waals surface area contributed by atoms with Crippen LogP contribution in [-0.4, -0.2) is 29.8 Å². The molecule has 0 radical (unpaired) electrons. The Kier molecular flexibility index (Phi) is 7.83. The van der Waals surface area contributed by atoms with Crippen LogP contribution in [0.5, 0.6) is 0 Å². The van der Waals surface area contributed by atoms with Crippen LogP contribution in [0, 0.1) is 0 Å². The first-order chi connectivity index (χ1) is 9.18. The van der Waals surface area contributed by atoms with Crippen molar-refractivity contribution in [2.45, 2.75) is 44.1 Å². The van der Waals surface area contributed by atoms with Gasteiger partial charge in [0.25, 0.3) is 0 Å². The third kappa shape index (κ3) is 5.97. The van der Waals surface area contributed by atoms with E-state index in [9.17, 15) is 5.11 Å². The summed E-state index contributed by atoms with van der Waals surface area (Å²) in [5.41, 5.74) is 5.19. The van der Waals surface area contributed by atoms with Crippen molar-refractivity contribution in [2.24, 2.45) is 10.7 Å². The van der Waals surface area contributed by atoms with Gasteiger partial charge in [-0.25, -0.2) is 0 Å². The molecular weight excluding hydrogens is 385 g/mol. The van der Waals surface area contributed by atoms with E-state index in [0.29, 0.717) is 12.5 Å². The van der Waals surface area contributed by atoms with E-state index in [4.69, 9.17) is 5.73 Å². The highest BCUT2D eigenvalue weighted by Crippen LogP contribution is 2.27. The van der Waals surface area contributed by atoms with Crippen LogP contribution < -0.4 is 11.1 Å². The lowest BCUT2D eigenvalue weighted by atomic mass is 9.85. The molecule has 1 aromatic heterocycles. The molecular formula is C14H24IN3OS. The van der Waals surface area contributed by atoms with Crippen LogP contribution in [0.4, 0.5) is 0 Å². The molecule has 0 amide bonds. The molecule has 1 aromatic rings. The van der Waals surface area contributed by atoms with Crippen molar-refractivity contribution in [3.63, 3.8) is 0 Å². The van der Waals surface area contributed by atoms with Crippen molar-refractivity contribution in [3.8, 4) is 0 Å². The van der Waals surface area contributed by atoms with Crippen molar-refractivity contribution in [1.29, 1.82) is 0 Å². The Balaban J connectivity index is 0.00000200. The topological polar surface area (TPSA) is 70.6 Å². The van der Waals surface area contributed by atoms with Gasteiger partial charge in [-0.3, -0.25) is 4.99 Å². The maximum Gasteiger partial charge on any atom is 0.188 e. The predicted molar refractivity (Wildman–Crippen MR) is 96.0 cm³/mol. The Bertz CT molecular complexity index is 403. The van der Waals surface area contributed by atoms with Crippen LogP contribution in [0.2, 0.25) is 0 Å². The van der Waals surface area contributed by atoms with Gasteiger partial charge < -0.3 is 16.2 Å². The lowest BCUT2D eigenvalue weighted by molar-refractivity contribution is 0.0132. The lowest BCUT2D eigenvalue weighted by Gasteiger charge is -2.30. The van der Waals surface area contributed by atoms with Crippen molar-refractivity contribution in [3.05, 3.63) is 22.4 Å². The third-order valence-electron chi connectivity index (χ3n) is 3.59. The van der Waals surface area contributed by atoms with Gasteiger partial charge >= 0.3 is 0 Å². The van der Waals surface area contributed by atoms with E-state index in [0.717, 1.165) is 38.6 Å². The van der Waals surface area contributed by atoms with Gasteiger partial charge in [0.15, 0.2) is 5.96 Å². The number of nitrogens with one attached hydrogen (secondary N) is 1. The molecule has 0 aromatic carbocycles. The number of rotatable bonds is 5. The average molecular weight is 409 g/mol. The number of guanidine groups is 1. The maximum absolute atomic E-state index is 10.3. The summed E-state index contributed by atoms with van der Waals surface area (Å²) in [5, 5.41) is 15.5. The fraction of sp³-hybridized carbons (Fsp3) is 0.643. The third-order valence-corrected chi connectivity index (χ3v) is 4.52. The average Bonchev–Trinajstić information content (AvgIpc) is 2.91. The summed E-state index contributed by atoms with van der Waals surface area (Å²) in [6.07, 6.45) is 6.06. The van der Waals surface area contributed by atoms with Crippen LogP contribution in [-0.2, 0) is 6.42 Å². The summed E-state index contributed by atoms with van der Waals surface area (Å²) < 4.78 is 0. The van der Waals surface area contributed by atoms with Gasteiger partial charge in [0, 0.05) is 11.4 Å². The second kappa shape index (κ2) is 8.84. The summed E-state index contributed by atoms with van der Waals surface area (Å²) in [6.45, 7) is 1.21. The molecule has 0 aliphatic heterocycles. The molecule has 4 N–H and O–H groups in total. The molecule has 114 valence electrons. The Labute approximate surface area is 141 Å². The molecule has 1 aliphatic carbocycles. The smallest absolute Gasteiger partial charge is 0.188 e. The standard InChI is InChI=1S/C14H23N3OS.HI/c15-13(16-9-6-12-5-4-10-19-12)17-11-14(18)7-2-1-3-8-14;/h4-5,10,18H,1-3,6-9,11H2,(H3,15,16,17);1H. The van der Waals surface area contributed by atoms with E-state index in [2.05, 4.69) is 27.8 Å². The minimum Gasteiger partial charge on any atom is -0.388 e. The van der Waals surface area contributed by atoms with E-state index in [-0.39, 0.29) is 24.0 Å². The van der Waals surface area contributed by atoms with Crippen molar-refractivity contribution in [2.75, 3.05) is 13.1 Å². The first-order valence-electron chi connectivity index (χ1n) is 6.97. The number of halogens is 1. The van der Waals surface area contributed by atoms with Gasteiger partial charge in [-0.15, -0.1) is 35.3 Å². The first-order valence-corrected chi connectivity index (χ1v) is 7.84. The zero-order valence-electron chi connectivity index (χ0n) is 11.7. The number of nitrogens with two attached hydrogens (primary N) is 1. The highest BCUT2D eigenvalue weighted by molar-refractivity contribution is 14.0. The summed E-state index contributed by atoms with van der Waals surface area (Å²) in [7, 11) is 0. The van der Waals surface area contributed by atoms with Crippen LogP contribution in [0.25, 0.3) is 0 Å². The summed E-state index contributed by atoms with van der Waals surface area (Å²) in [5.74, 6) is 0.440. The highest BCUT2D eigenvalue weighted by Gasteiger charge is 2.28. The minimum absolute atomic E-state index is 0. The van der Waals surface area contributed by atoms with E-state index < -0.39 is 5.60 Å². The molecule has 1 saturated carbocycles. The van der Waals surface area contributed by atoms with Crippen LogP contribution in [0.1, 0.15) is 37.0 Å². The van der Waals surface area contributed by atoms with Gasteiger partial charge in [-0.05, 0) is 30.7 Å². The number of nitrogens with zero attached hydrogens (tertiary/aromatic N) is 1. The fourth-order valence-corrected chi connectivity index (χ4v) is 3.13. The molecule has 0 bridgehead atoms. The molecule has 1 heterocycles. The Morgan fingerprint density at radius 3 is 2.80 bits per heavy atom. The molecule has 20 heavy (non-hydrogen) atoms. The second-order valence-corrected chi connectivity index (χ2v) is 6.27. The zero-order valence-corrected chi connectivity index (χ0v) is 14.8. The van der Waals surface area contributed by atoms with Crippen LogP contribution >= 0.6 is 35.3 Å². The van der Waals surface area contributed by atoms with E-state index in [1.165, 1.54) is 11.3 Å². The maximum atomic E-state index is 10.3. The van der Waals surface area contributed by atoms with Gasteiger partial charge in [-0.1, -0.05) is 25.3 Å². The molecule has 1 fully saturated rings. The SMILES string of the molecule is I.NC(=NCC1(O)CCCCC1)NCCc1cccs1. The summed E-state index contributed by atoms with van der Waals surface area (Å²) in [6, 6.07) is 4.17. The molecule has 0 spiro atoms. The van der Waals surface area contributed by atoms with Crippen molar-refractivity contribution in [1.82, 2.24) is 5.32 Å². The number of aliphatic imine (C=N–C) groups is 1. The quantitative estimate of drug-likeness (QED) is 0.398. The molecule has 0 saturated heterocycles. The molecule has 6 heteroatoms. The van der Waals surface area contributed by atoms with E-state index in [1.54, 1.807) is 11.3 Å². The molecule has 2 rings (SSSR count). The summed E-state index contributed by atoms with van der Waals surface area (Å²) >= 11 is 1.75. The fourth-order valence-electron chi connectivity index (χ4n) is 2.42. The highest BCUT2D eigenvalue weighted by atomic mass is 127. The second-order valence-electron chi connectivity index (χ2n) is 5.24. The predicted octanol–water partition coefficient (Wildman–Crippen LogP) is 2.51. The number of hydrogen-bond acceptors (Lipinski definition) is 3. The monoisotopic (exact) mass is 409 g/mol. The van der Waals surface area contributed by atoms with Gasteiger partial charge in [0.1, 0.15) is 0 Å². The van der Waals surface area contributed by atoms with Crippen molar-refractivity contribution >= 4 is 41.3 Å². The number of thiophene rings is 1. The largest absolute Gasteiger partial charge is 0.388 e. The van der Waals surface area contributed by atoms with Gasteiger partial charge in [0.2, 0.25) is 0 Å². The minimum atomic E-state index is -0.627. The van der Waals surface area contributed by atoms with E-state index in [1.807, 2.05) is 0 Å². The van der Waals surface area contributed by atoms with Gasteiger partial charge in [0.05, 0.1) is 12.1 Å². The van der Waals surface area contributed by atoms with Gasteiger partial charge in [-0.2, -0.15) is 0 Å². The normalized spacial score (nSPS) is 18.4. The Morgan fingerprint density at radius 1 is 1.40 bits per heavy atom. The van der Waals surface area contributed by atoms with Crippen LogP contribution in [0.15, 0.2) is 22.5 Å². The Morgan fingerprint density at radius 2 is 2.15 bits per heavy atom. The molecule has 1 aliphatic rings. The first kappa shape index (κ1) is 17.7. The van der Waals surface area contributed by atoms with E-state index >= 15 is 0 Å². The number of hydrogen-bond donors (Lipinski definition) is 3. The Hall–Kier alpha value is -0.340. The number of aliphatic hydroxyl groups is 1. The van der Waals surface area contributed by atoms with Crippen LogP contribution in [0.3, 0.4) is 0 Å². The lowest BCUT2D eigenvalue weighted by Crippen LogP contribution is -2.38. The van der Waals surface area contributed by atoms with Crippen molar-refractivity contribution < 1.29 is 5.11 Å². The zero-order chi connectivity index (χ0) is 13.6. The molecule has 0 atom stereocenters.